The summed E-state index contributed by atoms with van der Waals surface area (Å²) in [6.07, 6.45) is -0.926. The van der Waals surface area contributed by atoms with E-state index in [1.807, 2.05) is 0 Å². The Hall–Kier alpha value is -1.77. The predicted octanol–water partition coefficient (Wildman–Crippen LogP) is 6.12. The number of aromatic nitrogens is 1. The summed E-state index contributed by atoms with van der Waals surface area (Å²) in [5.74, 6) is -3.55. The molecule has 28 heavy (non-hydrogen) atoms. The number of rotatable bonds is 3. The fraction of sp³-hybridized carbons (Fsp3) is 0.579. The van der Waals surface area contributed by atoms with Gasteiger partial charge in [-0.2, -0.15) is 0 Å². The molecule has 5 nitrogen and oxygen atoms in total. The first kappa shape index (κ1) is 21.0. The second-order valence-electron chi connectivity index (χ2n) is 8.08. The molecule has 1 fully saturated rings. The second-order valence-corrected chi connectivity index (χ2v) is 8.93. The Bertz CT molecular complexity index is 869. The number of alkyl halides is 2. The highest BCUT2D eigenvalue weighted by atomic mass is 79.9. The minimum absolute atomic E-state index is 0.0153. The average molecular weight is 463 g/mol. The van der Waals surface area contributed by atoms with E-state index in [2.05, 4.69) is 26.2 Å². The highest BCUT2D eigenvalue weighted by Crippen LogP contribution is 2.42. The number of benzene rings is 1. The summed E-state index contributed by atoms with van der Waals surface area (Å²) in [7, 11) is 0. The first-order valence-electron chi connectivity index (χ1n) is 9.07. The van der Waals surface area contributed by atoms with Gasteiger partial charge in [0, 0.05) is 12.8 Å². The van der Waals surface area contributed by atoms with Crippen LogP contribution in [0.25, 0.3) is 11.1 Å². The predicted molar refractivity (Wildman–Crippen MR) is 101 cm³/mol. The van der Waals surface area contributed by atoms with Gasteiger partial charge >= 0.3 is 6.09 Å². The van der Waals surface area contributed by atoms with Gasteiger partial charge in [0.15, 0.2) is 11.4 Å². The van der Waals surface area contributed by atoms with E-state index >= 15 is 0 Å². The van der Waals surface area contributed by atoms with Gasteiger partial charge in [-0.3, -0.25) is 0 Å². The molecule has 0 saturated heterocycles. The number of halogens is 4. The molecule has 1 aromatic heterocycles. The van der Waals surface area contributed by atoms with Crippen LogP contribution in [0.5, 0.6) is 0 Å². The molecule has 0 radical (unpaired) electrons. The van der Waals surface area contributed by atoms with E-state index in [1.165, 1.54) is 6.07 Å². The third kappa shape index (κ3) is 4.79. The van der Waals surface area contributed by atoms with Gasteiger partial charge in [0.25, 0.3) is 0 Å². The van der Waals surface area contributed by atoms with E-state index in [4.69, 9.17) is 9.15 Å². The Morgan fingerprint density at radius 3 is 2.61 bits per heavy atom. The number of nitrogens with one attached hydrogen (secondary N) is 1. The van der Waals surface area contributed by atoms with Gasteiger partial charge in [0.05, 0.1) is 4.47 Å². The van der Waals surface area contributed by atoms with E-state index in [9.17, 15) is 18.0 Å². The van der Waals surface area contributed by atoms with Crippen LogP contribution in [0, 0.1) is 11.7 Å². The van der Waals surface area contributed by atoms with Crippen molar-refractivity contribution in [1.29, 1.82) is 0 Å². The summed E-state index contributed by atoms with van der Waals surface area (Å²) in [6.45, 7) is 5.15. The maximum Gasteiger partial charge on any atom is 0.408 e. The number of fused-ring (bicyclic) bond motifs is 1. The van der Waals surface area contributed by atoms with Gasteiger partial charge in [-0.25, -0.2) is 22.9 Å². The number of nitrogens with zero attached hydrogens (tertiary/aromatic N) is 1. The third-order valence-electron chi connectivity index (χ3n) is 4.64. The van der Waals surface area contributed by atoms with Crippen molar-refractivity contribution in [2.24, 2.45) is 5.92 Å². The molecule has 1 atom stereocenters. The SMILES string of the molecule is CC(C)(C)OC(=O)N[C@H](c1nc2c(F)c(Br)ccc2o1)C1CCC(F)(F)CC1. The molecule has 1 saturated carbocycles. The van der Waals surface area contributed by atoms with Crippen LogP contribution in [0.2, 0.25) is 0 Å². The van der Waals surface area contributed by atoms with Gasteiger partial charge in [0.2, 0.25) is 11.8 Å². The molecule has 1 aliphatic carbocycles. The molecule has 9 heteroatoms. The second kappa shape index (κ2) is 7.57. The number of hydrogen-bond donors (Lipinski definition) is 1. The summed E-state index contributed by atoms with van der Waals surface area (Å²) < 4.78 is 52.7. The number of oxazole rings is 1. The van der Waals surface area contributed by atoms with E-state index in [-0.39, 0.29) is 53.1 Å². The van der Waals surface area contributed by atoms with Crippen molar-refractivity contribution in [2.45, 2.75) is 64.0 Å². The molecule has 3 rings (SSSR count). The van der Waals surface area contributed by atoms with E-state index < -0.39 is 29.5 Å². The number of hydrogen-bond acceptors (Lipinski definition) is 4. The molecule has 0 unspecified atom stereocenters. The van der Waals surface area contributed by atoms with Gasteiger partial charge in [-0.15, -0.1) is 0 Å². The molecule has 1 heterocycles. The lowest BCUT2D eigenvalue weighted by Gasteiger charge is -2.33. The maximum absolute atomic E-state index is 14.3. The zero-order valence-electron chi connectivity index (χ0n) is 15.8. The molecule has 154 valence electrons. The fourth-order valence-corrected chi connectivity index (χ4v) is 3.62. The van der Waals surface area contributed by atoms with Crippen LogP contribution in [-0.4, -0.2) is 22.6 Å². The lowest BCUT2D eigenvalue weighted by Crippen LogP contribution is -2.40. The highest BCUT2D eigenvalue weighted by molar-refractivity contribution is 9.10. The van der Waals surface area contributed by atoms with Crippen LogP contribution in [0.4, 0.5) is 18.0 Å². The van der Waals surface area contributed by atoms with E-state index in [0.29, 0.717) is 0 Å². The maximum atomic E-state index is 14.3. The minimum Gasteiger partial charge on any atom is -0.444 e. The molecule has 0 bridgehead atoms. The van der Waals surface area contributed by atoms with Gasteiger partial charge in [-0.1, -0.05) is 0 Å². The average Bonchev–Trinajstić information content (AvgIpc) is 3.00. The van der Waals surface area contributed by atoms with Crippen molar-refractivity contribution >= 4 is 33.1 Å². The molecular weight excluding hydrogens is 441 g/mol. The lowest BCUT2D eigenvalue weighted by atomic mass is 9.82. The molecule has 0 spiro atoms. The Morgan fingerprint density at radius 1 is 1.36 bits per heavy atom. The standard InChI is InChI=1S/C19H22BrF3N2O3/c1-18(2,3)28-17(26)25-14(10-6-8-19(22,23)9-7-10)16-24-15-12(27-16)5-4-11(20)13(15)21/h4-5,10,14H,6-9H2,1-3H3,(H,25,26)/t14-/m0/s1. The smallest absolute Gasteiger partial charge is 0.408 e. The quantitative estimate of drug-likeness (QED) is 0.596. The Balaban J connectivity index is 1.92. The largest absolute Gasteiger partial charge is 0.444 e. The molecule has 0 aliphatic heterocycles. The van der Waals surface area contributed by atoms with Crippen LogP contribution in [-0.2, 0) is 4.74 Å². The summed E-state index contributed by atoms with van der Waals surface area (Å²) in [6, 6.07) is 2.25. The van der Waals surface area contributed by atoms with Crippen molar-refractivity contribution in [3.05, 3.63) is 28.3 Å². The Labute approximate surface area is 169 Å². The summed E-state index contributed by atoms with van der Waals surface area (Å²) in [5, 5.41) is 2.69. The van der Waals surface area contributed by atoms with Crippen LogP contribution < -0.4 is 5.32 Å². The molecule has 1 aliphatic rings. The van der Waals surface area contributed by atoms with Crippen LogP contribution in [0.1, 0.15) is 58.4 Å². The molecular formula is C19H22BrF3N2O3. The van der Waals surface area contributed by atoms with Crippen molar-refractivity contribution in [1.82, 2.24) is 10.3 Å². The summed E-state index contributed by atoms with van der Waals surface area (Å²) in [4.78, 5) is 16.5. The molecule has 2 aromatic rings. The number of carbonyl (C=O) groups excluding carboxylic acids is 1. The first-order valence-corrected chi connectivity index (χ1v) is 9.86. The van der Waals surface area contributed by atoms with E-state index in [0.717, 1.165) is 0 Å². The van der Waals surface area contributed by atoms with Crippen LogP contribution >= 0.6 is 15.9 Å². The fourth-order valence-electron chi connectivity index (χ4n) is 3.30. The highest BCUT2D eigenvalue weighted by Gasteiger charge is 2.40. The zero-order chi connectivity index (χ0) is 20.7. The monoisotopic (exact) mass is 462 g/mol. The first-order chi connectivity index (χ1) is 13.0. The van der Waals surface area contributed by atoms with Gasteiger partial charge in [-0.05, 0) is 67.6 Å². The number of alkyl carbamates (subject to hydrolysis) is 1. The van der Waals surface area contributed by atoms with Gasteiger partial charge in [0.1, 0.15) is 17.2 Å². The van der Waals surface area contributed by atoms with Crippen LogP contribution in [0.15, 0.2) is 21.0 Å². The van der Waals surface area contributed by atoms with E-state index in [1.54, 1.807) is 26.8 Å². The van der Waals surface area contributed by atoms with Gasteiger partial charge < -0.3 is 14.5 Å². The van der Waals surface area contributed by atoms with Crippen molar-refractivity contribution < 1.29 is 27.1 Å². The van der Waals surface area contributed by atoms with Crippen molar-refractivity contribution in [2.75, 3.05) is 0 Å². The molecule has 1 aromatic carbocycles. The lowest BCUT2D eigenvalue weighted by molar-refractivity contribution is -0.0509. The van der Waals surface area contributed by atoms with Crippen molar-refractivity contribution in [3.8, 4) is 0 Å². The number of ether oxygens (including phenoxy) is 1. The number of carbonyl (C=O) groups is 1. The zero-order valence-corrected chi connectivity index (χ0v) is 17.4. The molecule has 1 N–H and O–H groups in total. The normalized spacial score (nSPS) is 18.8. The Kier molecular flexibility index (Phi) is 5.67. The van der Waals surface area contributed by atoms with Crippen molar-refractivity contribution in [3.63, 3.8) is 0 Å². The molecule has 1 amide bonds. The topological polar surface area (TPSA) is 64.4 Å². The van der Waals surface area contributed by atoms with Crippen LogP contribution in [0.3, 0.4) is 0 Å². The summed E-state index contributed by atoms with van der Waals surface area (Å²) >= 11 is 3.10. The summed E-state index contributed by atoms with van der Waals surface area (Å²) in [5.41, 5.74) is -0.499. The Morgan fingerprint density at radius 2 is 2.00 bits per heavy atom. The minimum atomic E-state index is -2.72. The number of amides is 1. The third-order valence-corrected chi connectivity index (χ3v) is 5.25.